The van der Waals surface area contributed by atoms with Crippen molar-refractivity contribution in [2.75, 3.05) is 19.4 Å². The van der Waals surface area contributed by atoms with Crippen molar-refractivity contribution in [3.8, 4) is 16.9 Å². The van der Waals surface area contributed by atoms with Crippen LogP contribution in [0.4, 0.5) is 5.69 Å². The number of methoxy groups -OCH3 is 1. The number of ether oxygens (including phenoxy) is 1. The summed E-state index contributed by atoms with van der Waals surface area (Å²) >= 11 is 0. The molecule has 0 fully saturated rings. The van der Waals surface area contributed by atoms with Gasteiger partial charge in [0, 0.05) is 35.1 Å². The van der Waals surface area contributed by atoms with Crippen LogP contribution in [0.25, 0.3) is 16.8 Å². The predicted molar refractivity (Wildman–Crippen MR) is 99.2 cm³/mol. The Kier molecular flexibility index (Phi) is 5.84. The minimum atomic E-state index is -0.410. The fraction of sp³-hybridized carbons (Fsp3) is 0.222. The number of rotatable bonds is 6. The van der Waals surface area contributed by atoms with Gasteiger partial charge in [-0.1, -0.05) is 25.1 Å². The van der Waals surface area contributed by atoms with Crippen molar-refractivity contribution in [1.82, 2.24) is 10.3 Å². The summed E-state index contributed by atoms with van der Waals surface area (Å²) in [5, 5.41) is 2.69. The molecule has 0 aliphatic rings. The van der Waals surface area contributed by atoms with E-state index in [1.807, 2.05) is 19.1 Å². The summed E-state index contributed by atoms with van der Waals surface area (Å²) in [4.78, 5) is 16.2. The maximum absolute atomic E-state index is 12.0. The van der Waals surface area contributed by atoms with Gasteiger partial charge in [-0.2, -0.15) is 0 Å². The highest BCUT2D eigenvalue weighted by molar-refractivity contribution is 6.01. The Labute approximate surface area is 146 Å². The molecule has 7 nitrogen and oxygen atoms in total. The first-order valence-corrected chi connectivity index (χ1v) is 7.91. The zero-order valence-corrected chi connectivity index (χ0v) is 14.4. The molecule has 0 saturated heterocycles. The fourth-order valence-corrected chi connectivity index (χ4v) is 2.33. The third-order valence-electron chi connectivity index (χ3n) is 3.73. The second kappa shape index (κ2) is 8.05. The Bertz CT molecular complexity index is 802. The lowest BCUT2D eigenvalue weighted by Crippen LogP contribution is -2.31. The molecular formula is C18H23N5O2. The van der Waals surface area contributed by atoms with E-state index in [1.54, 1.807) is 31.6 Å². The van der Waals surface area contributed by atoms with E-state index in [-0.39, 0.29) is 11.4 Å². The van der Waals surface area contributed by atoms with Crippen LogP contribution in [0.2, 0.25) is 0 Å². The first-order valence-electron chi connectivity index (χ1n) is 7.91. The predicted octanol–water partition coefficient (Wildman–Crippen LogP) is 1.45. The van der Waals surface area contributed by atoms with Gasteiger partial charge in [0.2, 0.25) is 0 Å². The van der Waals surface area contributed by atoms with E-state index >= 15 is 0 Å². The van der Waals surface area contributed by atoms with Crippen LogP contribution in [0.3, 0.4) is 0 Å². The Morgan fingerprint density at radius 3 is 2.72 bits per heavy atom. The van der Waals surface area contributed by atoms with Gasteiger partial charge in [-0.3, -0.25) is 9.78 Å². The molecule has 0 aliphatic heterocycles. The molecule has 1 aromatic heterocycles. The summed E-state index contributed by atoms with van der Waals surface area (Å²) in [6.45, 7) is 2.48. The van der Waals surface area contributed by atoms with Crippen molar-refractivity contribution in [3.63, 3.8) is 0 Å². The molecule has 0 saturated carbocycles. The zero-order valence-electron chi connectivity index (χ0n) is 14.4. The van der Waals surface area contributed by atoms with Crippen LogP contribution in [0, 0.1) is 0 Å². The van der Waals surface area contributed by atoms with Gasteiger partial charge in [0.1, 0.15) is 11.4 Å². The number of para-hydroxylation sites is 1. The van der Waals surface area contributed by atoms with E-state index in [4.69, 9.17) is 21.9 Å². The van der Waals surface area contributed by atoms with Crippen molar-refractivity contribution in [2.45, 2.75) is 13.3 Å². The number of nitrogens with one attached hydrogen (secondary N) is 1. The summed E-state index contributed by atoms with van der Waals surface area (Å²) in [6.07, 6.45) is 4.09. The van der Waals surface area contributed by atoms with Crippen LogP contribution in [0.5, 0.6) is 5.75 Å². The smallest absolute Gasteiger partial charge is 0.269 e. The van der Waals surface area contributed by atoms with E-state index < -0.39 is 5.91 Å². The number of hydrogen-bond donors (Lipinski definition) is 4. The maximum Gasteiger partial charge on any atom is 0.269 e. The van der Waals surface area contributed by atoms with E-state index in [0.29, 0.717) is 23.5 Å². The van der Waals surface area contributed by atoms with Crippen molar-refractivity contribution >= 4 is 17.3 Å². The van der Waals surface area contributed by atoms with Gasteiger partial charge >= 0.3 is 0 Å². The number of carbonyl (C=O) groups excluding carboxylic acids is 1. The molecule has 132 valence electrons. The SMILES string of the molecule is CCCNC(=O)/C(N)=C(\N)c1cccc(-c2cncc(OC)c2)c1N. The number of nitrogens with two attached hydrogens (primary N) is 3. The van der Waals surface area contributed by atoms with Crippen LogP contribution >= 0.6 is 0 Å². The molecule has 1 heterocycles. The second-order valence-electron chi connectivity index (χ2n) is 5.46. The fourth-order valence-electron chi connectivity index (χ4n) is 2.33. The molecule has 0 spiro atoms. The minimum absolute atomic E-state index is 0.0546. The Balaban J connectivity index is 2.45. The molecule has 2 aromatic rings. The van der Waals surface area contributed by atoms with Crippen molar-refractivity contribution in [3.05, 3.63) is 47.9 Å². The van der Waals surface area contributed by atoms with Crippen LogP contribution in [-0.2, 0) is 4.79 Å². The average molecular weight is 341 g/mol. The van der Waals surface area contributed by atoms with Gasteiger partial charge in [0.15, 0.2) is 0 Å². The van der Waals surface area contributed by atoms with E-state index in [1.165, 1.54) is 0 Å². The highest BCUT2D eigenvalue weighted by Crippen LogP contribution is 2.32. The molecule has 2 rings (SSSR count). The summed E-state index contributed by atoms with van der Waals surface area (Å²) < 4.78 is 5.19. The number of hydrogen-bond acceptors (Lipinski definition) is 6. The molecule has 0 bridgehead atoms. The third-order valence-corrected chi connectivity index (χ3v) is 3.73. The number of benzene rings is 1. The van der Waals surface area contributed by atoms with Crippen LogP contribution < -0.4 is 27.3 Å². The largest absolute Gasteiger partial charge is 0.495 e. The number of pyridine rings is 1. The highest BCUT2D eigenvalue weighted by Gasteiger charge is 2.15. The zero-order chi connectivity index (χ0) is 18.4. The van der Waals surface area contributed by atoms with Gasteiger partial charge in [0.25, 0.3) is 5.91 Å². The molecule has 7 N–H and O–H groups in total. The lowest BCUT2D eigenvalue weighted by Gasteiger charge is -2.14. The average Bonchev–Trinajstić information content (AvgIpc) is 2.65. The summed E-state index contributed by atoms with van der Waals surface area (Å²) in [5.41, 5.74) is 20.8. The van der Waals surface area contributed by atoms with E-state index in [0.717, 1.165) is 17.5 Å². The van der Waals surface area contributed by atoms with Gasteiger partial charge in [0.05, 0.1) is 19.0 Å². The molecule has 0 atom stereocenters. The van der Waals surface area contributed by atoms with Gasteiger partial charge in [-0.25, -0.2) is 0 Å². The molecule has 0 radical (unpaired) electrons. The summed E-state index contributed by atoms with van der Waals surface area (Å²) in [5.74, 6) is 0.205. The molecule has 25 heavy (non-hydrogen) atoms. The number of nitrogen functional groups attached to an aromatic ring is 1. The molecule has 7 heteroatoms. The first kappa shape index (κ1) is 18.1. The minimum Gasteiger partial charge on any atom is -0.495 e. The number of nitrogens with zero attached hydrogens (tertiary/aromatic N) is 1. The number of carbonyl (C=O) groups is 1. The Hall–Kier alpha value is -3.22. The van der Waals surface area contributed by atoms with Crippen molar-refractivity contribution < 1.29 is 9.53 Å². The first-order chi connectivity index (χ1) is 12.0. The summed E-state index contributed by atoms with van der Waals surface area (Å²) in [7, 11) is 1.57. The number of anilines is 1. The molecule has 0 aliphatic carbocycles. The summed E-state index contributed by atoms with van der Waals surface area (Å²) in [6, 6.07) is 7.18. The normalized spacial score (nSPS) is 11.6. The van der Waals surface area contributed by atoms with Crippen LogP contribution in [0.1, 0.15) is 18.9 Å². The maximum atomic E-state index is 12.0. The number of amides is 1. The lowest BCUT2D eigenvalue weighted by atomic mass is 9.99. The third kappa shape index (κ3) is 4.00. The van der Waals surface area contributed by atoms with Gasteiger partial charge in [-0.05, 0) is 12.5 Å². The van der Waals surface area contributed by atoms with Gasteiger partial charge in [-0.15, -0.1) is 0 Å². The molecular weight excluding hydrogens is 318 g/mol. The molecule has 1 aromatic carbocycles. The molecule has 0 unspecified atom stereocenters. The monoisotopic (exact) mass is 341 g/mol. The quantitative estimate of drug-likeness (QED) is 0.465. The standard InChI is InChI=1S/C18H23N5O2/c1-3-7-23-18(24)17(21)16(20)14-6-4-5-13(15(14)19)11-8-12(25-2)10-22-9-11/h4-6,8-10H,3,7,19-21H2,1-2H3,(H,23,24)/b17-16+. The van der Waals surface area contributed by atoms with E-state index in [9.17, 15) is 4.79 Å². The number of aromatic nitrogens is 1. The Morgan fingerprint density at radius 2 is 2.04 bits per heavy atom. The van der Waals surface area contributed by atoms with Gasteiger partial charge < -0.3 is 27.3 Å². The van der Waals surface area contributed by atoms with Crippen LogP contribution in [0.15, 0.2) is 42.4 Å². The van der Waals surface area contributed by atoms with Crippen LogP contribution in [-0.4, -0.2) is 24.5 Å². The highest BCUT2D eigenvalue weighted by atomic mass is 16.5. The van der Waals surface area contributed by atoms with Crippen molar-refractivity contribution in [2.24, 2.45) is 11.5 Å². The Morgan fingerprint density at radius 1 is 1.28 bits per heavy atom. The lowest BCUT2D eigenvalue weighted by molar-refractivity contribution is -0.117. The molecule has 1 amide bonds. The van der Waals surface area contributed by atoms with E-state index in [2.05, 4.69) is 10.3 Å². The second-order valence-corrected chi connectivity index (χ2v) is 5.46. The van der Waals surface area contributed by atoms with Crippen molar-refractivity contribution in [1.29, 1.82) is 0 Å². The topological polar surface area (TPSA) is 129 Å².